The van der Waals surface area contributed by atoms with Gasteiger partial charge in [-0.1, -0.05) is 59.8 Å². The van der Waals surface area contributed by atoms with E-state index in [-0.39, 0.29) is 11.8 Å². The monoisotopic (exact) mass is 462 g/mol. The Morgan fingerprint density at radius 2 is 1.53 bits per heavy atom. The van der Waals surface area contributed by atoms with Gasteiger partial charge in [-0.2, -0.15) is 0 Å². The molecule has 3 aromatic carbocycles. The number of benzene rings is 3. The summed E-state index contributed by atoms with van der Waals surface area (Å²) in [6, 6.07) is 23.1. The Bertz CT molecular complexity index is 1170. The zero-order valence-electron chi connectivity index (χ0n) is 17.9. The van der Waals surface area contributed by atoms with E-state index in [2.05, 4.69) is 11.4 Å². The Morgan fingerprint density at radius 3 is 2.19 bits per heavy atom. The van der Waals surface area contributed by atoms with Gasteiger partial charge in [0.05, 0.1) is 0 Å². The van der Waals surface area contributed by atoms with Gasteiger partial charge in [0.15, 0.2) is 0 Å². The van der Waals surface area contributed by atoms with Crippen LogP contribution in [-0.2, 0) is 16.0 Å². The molecule has 0 fully saturated rings. The molecule has 32 heavy (non-hydrogen) atoms. The molecule has 0 bridgehead atoms. The molecular formula is C26H23ClN2O2S. The molecule has 1 N–H and O–H groups in total. The number of carbonyl (C=O) groups is 2. The van der Waals surface area contributed by atoms with Crippen molar-refractivity contribution in [1.82, 2.24) is 4.90 Å². The van der Waals surface area contributed by atoms with E-state index in [1.807, 2.05) is 68.4 Å². The number of carbonyl (C=O) groups excluding carboxylic acids is 2. The predicted octanol–water partition coefficient (Wildman–Crippen LogP) is 5.98. The topological polar surface area (TPSA) is 49.4 Å². The molecule has 0 aromatic heterocycles. The highest BCUT2D eigenvalue weighted by atomic mass is 35.5. The quantitative estimate of drug-likeness (QED) is 0.438. The van der Waals surface area contributed by atoms with Crippen molar-refractivity contribution < 1.29 is 9.59 Å². The van der Waals surface area contributed by atoms with Crippen molar-refractivity contribution in [3.63, 3.8) is 0 Å². The SMILES string of the molecule is Cc1cc(C)cc(NC2=C(Sc3ccc(Cl)cc3)C(=O)N(CCc3ccccc3)C2=O)c1. The molecule has 0 saturated carbocycles. The van der Waals surface area contributed by atoms with Crippen LogP contribution in [0.2, 0.25) is 5.02 Å². The first kappa shape index (κ1) is 22.2. The fourth-order valence-electron chi connectivity index (χ4n) is 3.66. The van der Waals surface area contributed by atoms with Gasteiger partial charge in [-0.3, -0.25) is 14.5 Å². The molecule has 162 valence electrons. The van der Waals surface area contributed by atoms with Crippen LogP contribution in [0.4, 0.5) is 5.69 Å². The van der Waals surface area contributed by atoms with Crippen LogP contribution >= 0.6 is 23.4 Å². The fourth-order valence-corrected chi connectivity index (χ4v) is 4.73. The average Bonchev–Trinajstić information content (AvgIpc) is 2.97. The summed E-state index contributed by atoms with van der Waals surface area (Å²) < 4.78 is 0. The summed E-state index contributed by atoms with van der Waals surface area (Å²) in [4.78, 5) is 29.2. The molecule has 1 heterocycles. The summed E-state index contributed by atoms with van der Waals surface area (Å²) in [7, 11) is 0. The maximum Gasteiger partial charge on any atom is 0.278 e. The highest BCUT2D eigenvalue weighted by Gasteiger charge is 2.38. The predicted molar refractivity (Wildman–Crippen MR) is 131 cm³/mol. The van der Waals surface area contributed by atoms with Crippen LogP contribution in [0.5, 0.6) is 0 Å². The Morgan fingerprint density at radius 1 is 0.875 bits per heavy atom. The summed E-state index contributed by atoms with van der Waals surface area (Å²) in [6.45, 7) is 4.33. The molecule has 0 aliphatic carbocycles. The Labute approximate surface area is 197 Å². The lowest BCUT2D eigenvalue weighted by molar-refractivity contribution is -0.137. The molecule has 0 atom stereocenters. The van der Waals surface area contributed by atoms with Crippen molar-refractivity contribution in [2.24, 2.45) is 0 Å². The second-order valence-corrected chi connectivity index (χ2v) is 9.28. The zero-order chi connectivity index (χ0) is 22.7. The van der Waals surface area contributed by atoms with Crippen LogP contribution in [-0.4, -0.2) is 23.3 Å². The summed E-state index contributed by atoms with van der Waals surface area (Å²) >= 11 is 7.28. The third kappa shape index (κ3) is 5.06. The number of rotatable bonds is 7. The van der Waals surface area contributed by atoms with Crippen LogP contribution in [0.15, 0.2) is 88.3 Å². The molecular weight excluding hydrogens is 440 g/mol. The lowest BCUT2D eigenvalue weighted by atomic mass is 10.1. The standard InChI is InChI=1S/C26H23ClN2O2S/c1-17-14-18(2)16-21(15-17)28-23-24(32-22-10-8-20(27)9-11-22)26(31)29(25(23)30)13-12-19-6-4-3-5-7-19/h3-11,14-16,28H,12-13H2,1-2H3. The van der Waals surface area contributed by atoms with E-state index in [1.165, 1.54) is 16.7 Å². The first-order chi connectivity index (χ1) is 15.4. The van der Waals surface area contributed by atoms with Crippen molar-refractivity contribution in [2.75, 3.05) is 11.9 Å². The number of nitrogens with one attached hydrogen (secondary N) is 1. The smallest absolute Gasteiger partial charge is 0.278 e. The van der Waals surface area contributed by atoms with Gasteiger partial charge in [-0.05, 0) is 73.4 Å². The van der Waals surface area contributed by atoms with Gasteiger partial charge in [0.25, 0.3) is 11.8 Å². The Balaban J connectivity index is 1.63. The summed E-state index contributed by atoms with van der Waals surface area (Å²) in [5.74, 6) is -0.584. The maximum absolute atomic E-state index is 13.3. The van der Waals surface area contributed by atoms with E-state index in [0.717, 1.165) is 27.3 Å². The second-order valence-electron chi connectivity index (χ2n) is 7.76. The number of thioether (sulfide) groups is 1. The number of amides is 2. The highest BCUT2D eigenvalue weighted by molar-refractivity contribution is 8.04. The molecule has 0 spiro atoms. The number of nitrogens with zero attached hydrogens (tertiary/aromatic N) is 1. The molecule has 2 amide bonds. The lowest BCUT2D eigenvalue weighted by Crippen LogP contribution is -2.34. The summed E-state index contributed by atoms with van der Waals surface area (Å²) in [5.41, 5.74) is 4.34. The van der Waals surface area contributed by atoms with Crippen LogP contribution in [0, 0.1) is 13.8 Å². The van der Waals surface area contributed by atoms with Crippen LogP contribution in [0.3, 0.4) is 0 Å². The van der Waals surface area contributed by atoms with Crippen molar-refractivity contribution in [2.45, 2.75) is 25.2 Å². The molecule has 0 saturated heterocycles. The van der Waals surface area contributed by atoms with Crippen LogP contribution < -0.4 is 5.32 Å². The minimum atomic E-state index is -0.304. The first-order valence-corrected chi connectivity index (χ1v) is 11.5. The second kappa shape index (κ2) is 9.63. The number of hydrogen-bond acceptors (Lipinski definition) is 4. The number of hydrogen-bond donors (Lipinski definition) is 1. The maximum atomic E-state index is 13.3. The van der Waals surface area contributed by atoms with E-state index >= 15 is 0 Å². The molecule has 3 aromatic rings. The van der Waals surface area contributed by atoms with Crippen molar-refractivity contribution in [3.05, 3.63) is 105 Å². The first-order valence-electron chi connectivity index (χ1n) is 10.3. The van der Waals surface area contributed by atoms with Crippen LogP contribution in [0.25, 0.3) is 0 Å². The molecule has 1 aliphatic rings. The normalized spacial score (nSPS) is 13.8. The van der Waals surface area contributed by atoms with Crippen molar-refractivity contribution in [3.8, 4) is 0 Å². The van der Waals surface area contributed by atoms with E-state index < -0.39 is 0 Å². The summed E-state index contributed by atoms with van der Waals surface area (Å²) in [5, 5.41) is 3.85. The molecule has 4 rings (SSSR count). The van der Waals surface area contributed by atoms with Gasteiger partial charge in [-0.15, -0.1) is 0 Å². The minimum absolute atomic E-state index is 0.280. The molecule has 0 radical (unpaired) electrons. The third-order valence-electron chi connectivity index (χ3n) is 5.12. The van der Waals surface area contributed by atoms with E-state index in [0.29, 0.717) is 28.6 Å². The number of aryl methyl sites for hydroxylation is 2. The van der Waals surface area contributed by atoms with Gasteiger partial charge in [0, 0.05) is 22.2 Å². The van der Waals surface area contributed by atoms with Gasteiger partial charge < -0.3 is 5.32 Å². The number of halogens is 1. The van der Waals surface area contributed by atoms with Crippen LogP contribution in [0.1, 0.15) is 16.7 Å². The van der Waals surface area contributed by atoms with Gasteiger partial charge in [-0.25, -0.2) is 0 Å². The number of anilines is 1. The lowest BCUT2D eigenvalue weighted by Gasteiger charge is -2.15. The van der Waals surface area contributed by atoms with E-state index in [9.17, 15) is 9.59 Å². The largest absolute Gasteiger partial charge is 0.350 e. The summed E-state index contributed by atoms with van der Waals surface area (Å²) in [6.07, 6.45) is 0.605. The van der Waals surface area contributed by atoms with Crippen molar-refractivity contribution >= 4 is 40.9 Å². The number of imide groups is 1. The Hall–Kier alpha value is -3.02. The molecule has 1 aliphatic heterocycles. The van der Waals surface area contributed by atoms with Gasteiger partial charge in [0.1, 0.15) is 10.6 Å². The Kier molecular flexibility index (Phi) is 6.68. The molecule has 0 unspecified atom stereocenters. The van der Waals surface area contributed by atoms with Gasteiger partial charge >= 0.3 is 0 Å². The fraction of sp³-hybridized carbons (Fsp3) is 0.154. The van der Waals surface area contributed by atoms with Crippen molar-refractivity contribution in [1.29, 1.82) is 0 Å². The van der Waals surface area contributed by atoms with E-state index in [1.54, 1.807) is 12.1 Å². The van der Waals surface area contributed by atoms with E-state index in [4.69, 9.17) is 11.6 Å². The zero-order valence-corrected chi connectivity index (χ0v) is 19.5. The minimum Gasteiger partial charge on any atom is -0.350 e. The highest BCUT2D eigenvalue weighted by Crippen LogP contribution is 2.36. The molecule has 6 heteroatoms. The van der Waals surface area contributed by atoms with Gasteiger partial charge in [0.2, 0.25) is 0 Å². The average molecular weight is 463 g/mol. The molecule has 4 nitrogen and oxygen atoms in total. The third-order valence-corrected chi connectivity index (χ3v) is 6.46.